The number of benzene rings is 1. The molecule has 6 heteroatoms. The van der Waals surface area contributed by atoms with E-state index < -0.39 is 17.9 Å². The Morgan fingerprint density at radius 3 is 2.35 bits per heavy atom. The number of aliphatic carboxylic acids is 1. The zero-order valence-electron chi connectivity index (χ0n) is 15.3. The van der Waals surface area contributed by atoms with Crippen LogP contribution in [0.15, 0.2) is 18.2 Å². The molecule has 0 aromatic heterocycles. The summed E-state index contributed by atoms with van der Waals surface area (Å²) in [5.74, 6) is -1.92. The molecular weight excluding hydrogens is 332 g/mol. The highest BCUT2D eigenvalue weighted by Gasteiger charge is 2.39. The highest BCUT2D eigenvalue weighted by molar-refractivity contribution is 5.91. The van der Waals surface area contributed by atoms with Crippen LogP contribution in [0.25, 0.3) is 0 Å². The van der Waals surface area contributed by atoms with Crippen LogP contribution in [-0.4, -0.2) is 40.4 Å². The predicted molar refractivity (Wildman–Crippen MR) is 96.5 cm³/mol. The summed E-state index contributed by atoms with van der Waals surface area (Å²) in [7, 11) is 0. The number of amides is 2. The summed E-state index contributed by atoms with van der Waals surface area (Å²) in [5.41, 5.74) is 2.45. The lowest BCUT2D eigenvalue weighted by Gasteiger charge is -2.24. The standard InChI is InChI=1S/C20H26N2O4/c1-12-7-13(2)9-14(8-12)18(20(25)26)21-19(24)15-10-17(23)22(11-15)16-5-3-4-6-16/h7-9,15-16,18H,3-6,10-11H2,1-2H3,(H,21,24)(H,25,26). The van der Waals surface area contributed by atoms with E-state index in [0.717, 1.165) is 36.8 Å². The molecule has 6 nitrogen and oxygen atoms in total. The number of carbonyl (C=O) groups excluding carboxylic acids is 2. The van der Waals surface area contributed by atoms with E-state index in [1.165, 1.54) is 0 Å². The first-order valence-electron chi connectivity index (χ1n) is 9.26. The monoisotopic (exact) mass is 358 g/mol. The van der Waals surface area contributed by atoms with Gasteiger partial charge >= 0.3 is 5.97 Å². The van der Waals surface area contributed by atoms with Crippen molar-refractivity contribution in [2.24, 2.45) is 5.92 Å². The van der Waals surface area contributed by atoms with Gasteiger partial charge in [0.05, 0.1) is 5.92 Å². The van der Waals surface area contributed by atoms with Crippen LogP contribution in [0.4, 0.5) is 0 Å². The number of nitrogens with zero attached hydrogens (tertiary/aromatic N) is 1. The first-order chi connectivity index (χ1) is 12.3. The zero-order chi connectivity index (χ0) is 18.8. The van der Waals surface area contributed by atoms with Crippen LogP contribution < -0.4 is 5.32 Å². The van der Waals surface area contributed by atoms with Crippen molar-refractivity contribution in [1.82, 2.24) is 10.2 Å². The van der Waals surface area contributed by atoms with Crippen LogP contribution in [-0.2, 0) is 14.4 Å². The van der Waals surface area contributed by atoms with Gasteiger partial charge in [0.15, 0.2) is 6.04 Å². The molecule has 2 fully saturated rings. The van der Waals surface area contributed by atoms with Crippen molar-refractivity contribution in [2.75, 3.05) is 6.54 Å². The van der Waals surface area contributed by atoms with E-state index in [1.54, 1.807) is 12.1 Å². The van der Waals surface area contributed by atoms with Crippen molar-refractivity contribution in [3.63, 3.8) is 0 Å². The van der Waals surface area contributed by atoms with Crippen molar-refractivity contribution in [3.05, 3.63) is 34.9 Å². The molecule has 1 saturated carbocycles. The third-order valence-corrected chi connectivity index (χ3v) is 5.41. The van der Waals surface area contributed by atoms with Gasteiger partial charge in [-0.15, -0.1) is 0 Å². The minimum absolute atomic E-state index is 0.00956. The molecule has 1 aliphatic carbocycles. The van der Waals surface area contributed by atoms with Crippen LogP contribution in [0.5, 0.6) is 0 Å². The van der Waals surface area contributed by atoms with E-state index >= 15 is 0 Å². The maximum Gasteiger partial charge on any atom is 0.330 e. The molecule has 0 bridgehead atoms. The molecule has 26 heavy (non-hydrogen) atoms. The second kappa shape index (κ2) is 7.48. The van der Waals surface area contributed by atoms with E-state index in [-0.39, 0.29) is 24.3 Å². The molecule has 1 heterocycles. The zero-order valence-corrected chi connectivity index (χ0v) is 15.3. The van der Waals surface area contributed by atoms with E-state index in [4.69, 9.17) is 0 Å². The number of carboxylic acid groups (broad SMARTS) is 1. The lowest BCUT2D eigenvalue weighted by atomic mass is 10.00. The Labute approximate surface area is 153 Å². The largest absolute Gasteiger partial charge is 0.479 e. The van der Waals surface area contributed by atoms with Crippen LogP contribution in [0, 0.1) is 19.8 Å². The van der Waals surface area contributed by atoms with Gasteiger partial charge in [-0.1, -0.05) is 42.2 Å². The van der Waals surface area contributed by atoms with Crippen molar-refractivity contribution in [3.8, 4) is 0 Å². The molecule has 1 aliphatic heterocycles. The van der Waals surface area contributed by atoms with Gasteiger partial charge in [0, 0.05) is 19.0 Å². The summed E-state index contributed by atoms with van der Waals surface area (Å²) in [6, 6.07) is 4.65. The Balaban J connectivity index is 1.70. The summed E-state index contributed by atoms with van der Waals surface area (Å²) < 4.78 is 0. The number of carbonyl (C=O) groups is 3. The summed E-state index contributed by atoms with van der Waals surface area (Å²) in [6.07, 6.45) is 4.42. The Bertz CT molecular complexity index is 704. The number of rotatable bonds is 5. The lowest BCUT2D eigenvalue weighted by Crippen LogP contribution is -2.40. The quantitative estimate of drug-likeness (QED) is 0.846. The minimum atomic E-state index is -1.10. The highest BCUT2D eigenvalue weighted by Crippen LogP contribution is 2.30. The van der Waals surface area contributed by atoms with Crippen LogP contribution in [0.2, 0.25) is 0 Å². The number of aryl methyl sites for hydroxylation is 2. The number of carboxylic acids is 1. The molecule has 0 radical (unpaired) electrons. The Morgan fingerprint density at radius 1 is 1.15 bits per heavy atom. The van der Waals surface area contributed by atoms with Crippen LogP contribution >= 0.6 is 0 Å². The van der Waals surface area contributed by atoms with Gasteiger partial charge in [0.25, 0.3) is 0 Å². The molecule has 2 unspecified atom stereocenters. The first-order valence-corrected chi connectivity index (χ1v) is 9.26. The van der Waals surface area contributed by atoms with Crippen molar-refractivity contribution >= 4 is 17.8 Å². The second-order valence-corrected chi connectivity index (χ2v) is 7.59. The topological polar surface area (TPSA) is 86.7 Å². The van der Waals surface area contributed by atoms with Gasteiger partial charge in [-0.25, -0.2) is 4.79 Å². The van der Waals surface area contributed by atoms with E-state index in [9.17, 15) is 19.5 Å². The third kappa shape index (κ3) is 3.89. The molecule has 1 aromatic rings. The van der Waals surface area contributed by atoms with Crippen LogP contribution in [0.1, 0.15) is 54.8 Å². The molecular formula is C20H26N2O4. The summed E-state index contributed by atoms with van der Waals surface area (Å²) in [6.45, 7) is 4.19. The normalized spacial score (nSPS) is 21.8. The average Bonchev–Trinajstić information content (AvgIpc) is 3.20. The van der Waals surface area contributed by atoms with Gasteiger partial charge < -0.3 is 15.3 Å². The Kier molecular flexibility index (Phi) is 5.30. The number of likely N-dealkylation sites (tertiary alicyclic amines) is 1. The minimum Gasteiger partial charge on any atom is -0.479 e. The molecule has 0 spiro atoms. The average molecular weight is 358 g/mol. The van der Waals surface area contributed by atoms with Gasteiger partial charge in [-0.3, -0.25) is 9.59 Å². The molecule has 1 aromatic carbocycles. The second-order valence-electron chi connectivity index (χ2n) is 7.59. The van der Waals surface area contributed by atoms with Gasteiger partial charge in [-0.05, 0) is 32.3 Å². The molecule has 2 amide bonds. The van der Waals surface area contributed by atoms with Crippen molar-refractivity contribution < 1.29 is 19.5 Å². The molecule has 3 rings (SSSR count). The fraction of sp³-hybridized carbons (Fsp3) is 0.550. The van der Waals surface area contributed by atoms with E-state index in [1.807, 2.05) is 24.8 Å². The van der Waals surface area contributed by atoms with Crippen LogP contribution in [0.3, 0.4) is 0 Å². The third-order valence-electron chi connectivity index (χ3n) is 5.41. The SMILES string of the molecule is Cc1cc(C)cc(C(NC(=O)C2CC(=O)N(C3CCCC3)C2)C(=O)O)c1. The molecule has 2 N–H and O–H groups in total. The van der Waals surface area contributed by atoms with Crippen molar-refractivity contribution in [2.45, 2.75) is 58.0 Å². The first kappa shape index (κ1) is 18.4. The maximum absolute atomic E-state index is 12.7. The smallest absolute Gasteiger partial charge is 0.330 e. The van der Waals surface area contributed by atoms with Gasteiger partial charge in [-0.2, -0.15) is 0 Å². The van der Waals surface area contributed by atoms with Gasteiger partial charge in [0.2, 0.25) is 11.8 Å². The molecule has 2 aliphatic rings. The number of hydrogen-bond donors (Lipinski definition) is 2. The summed E-state index contributed by atoms with van der Waals surface area (Å²) in [5, 5.41) is 12.2. The fourth-order valence-corrected chi connectivity index (χ4v) is 4.20. The Morgan fingerprint density at radius 2 is 1.77 bits per heavy atom. The van der Waals surface area contributed by atoms with Crippen molar-refractivity contribution in [1.29, 1.82) is 0 Å². The highest BCUT2D eigenvalue weighted by atomic mass is 16.4. The Hall–Kier alpha value is -2.37. The summed E-state index contributed by atoms with van der Waals surface area (Å²) >= 11 is 0. The fourth-order valence-electron chi connectivity index (χ4n) is 4.20. The molecule has 1 saturated heterocycles. The number of nitrogens with one attached hydrogen (secondary N) is 1. The predicted octanol–water partition coefficient (Wildman–Crippen LogP) is 2.34. The van der Waals surface area contributed by atoms with E-state index in [0.29, 0.717) is 12.1 Å². The molecule has 2 atom stereocenters. The molecule has 140 valence electrons. The van der Waals surface area contributed by atoms with E-state index in [2.05, 4.69) is 5.32 Å². The summed E-state index contributed by atoms with van der Waals surface area (Å²) in [4.78, 5) is 38.5. The number of hydrogen-bond acceptors (Lipinski definition) is 3. The lowest BCUT2D eigenvalue weighted by molar-refractivity contribution is -0.142. The maximum atomic E-state index is 12.7. The van der Waals surface area contributed by atoms with Gasteiger partial charge in [0.1, 0.15) is 0 Å².